The van der Waals surface area contributed by atoms with Crippen LogP contribution in [0, 0.1) is 0 Å². The number of hydrogen-bond donors (Lipinski definition) is 3. The van der Waals surface area contributed by atoms with Crippen molar-refractivity contribution in [3.8, 4) is 5.75 Å². The van der Waals surface area contributed by atoms with Gasteiger partial charge < -0.3 is 10.5 Å². The van der Waals surface area contributed by atoms with E-state index < -0.39 is 54.0 Å². The Morgan fingerprint density at radius 2 is 1.69 bits per heavy atom. The topological polar surface area (TPSA) is 153 Å². The molecule has 2 aromatic carbocycles. The zero-order valence-corrected chi connectivity index (χ0v) is 19.6. The summed E-state index contributed by atoms with van der Waals surface area (Å²) in [5, 5.41) is -1.90. The Bertz CT molecular complexity index is 1560. The number of benzene rings is 2. The van der Waals surface area contributed by atoms with Crippen LogP contribution in [0.15, 0.2) is 71.3 Å². The van der Waals surface area contributed by atoms with Gasteiger partial charge in [-0.1, -0.05) is 36.4 Å². The molecule has 36 heavy (non-hydrogen) atoms. The van der Waals surface area contributed by atoms with Gasteiger partial charge in [-0.15, -0.1) is 0 Å². The molecule has 1 aliphatic heterocycles. The van der Waals surface area contributed by atoms with Gasteiger partial charge in [0.1, 0.15) is 5.75 Å². The highest BCUT2D eigenvalue weighted by molar-refractivity contribution is 7.89. The van der Waals surface area contributed by atoms with E-state index in [-0.39, 0.29) is 22.6 Å². The van der Waals surface area contributed by atoms with Crippen molar-refractivity contribution < 1.29 is 44.1 Å². The van der Waals surface area contributed by atoms with Crippen LogP contribution in [0.25, 0.3) is 11.6 Å². The lowest BCUT2D eigenvalue weighted by atomic mass is 9.91. The molecule has 2 atom stereocenters. The summed E-state index contributed by atoms with van der Waals surface area (Å²) in [4.78, 5) is 12.2. The number of carbonyl (C=O) groups is 1. The van der Waals surface area contributed by atoms with Crippen LogP contribution < -0.4 is 15.2 Å². The third-order valence-electron chi connectivity index (χ3n) is 5.32. The lowest BCUT2D eigenvalue weighted by Gasteiger charge is -2.26. The minimum absolute atomic E-state index is 0.0283. The third-order valence-corrected chi connectivity index (χ3v) is 7.75. The van der Waals surface area contributed by atoms with Gasteiger partial charge in [0.25, 0.3) is 10.1 Å². The summed E-state index contributed by atoms with van der Waals surface area (Å²) in [5.41, 5.74) is 4.79. The molecule has 2 aliphatic rings. The van der Waals surface area contributed by atoms with Gasteiger partial charge >= 0.3 is 6.18 Å². The largest absolute Gasteiger partial charge is 0.469 e. The summed E-state index contributed by atoms with van der Waals surface area (Å²) in [6, 6.07) is 7.60. The predicted molar refractivity (Wildman–Crippen MR) is 122 cm³/mol. The summed E-state index contributed by atoms with van der Waals surface area (Å²) in [7, 11) is -9.28. The number of sulfonamides is 1. The molecule has 9 nitrogen and oxygen atoms in total. The first-order chi connectivity index (χ1) is 16.7. The molecule has 1 aliphatic carbocycles. The van der Waals surface area contributed by atoms with Gasteiger partial charge in [-0.25, -0.2) is 8.42 Å². The van der Waals surface area contributed by atoms with Crippen LogP contribution in [0.5, 0.6) is 5.75 Å². The molecule has 0 bridgehead atoms. The molecule has 2 aromatic rings. The van der Waals surface area contributed by atoms with E-state index in [1.165, 1.54) is 24.3 Å². The highest BCUT2D eigenvalue weighted by atomic mass is 32.2. The van der Waals surface area contributed by atoms with Crippen LogP contribution in [-0.2, 0) is 31.1 Å². The van der Waals surface area contributed by atoms with E-state index in [0.717, 1.165) is 30.4 Å². The quantitative estimate of drug-likeness (QED) is 0.487. The lowest BCUT2D eigenvalue weighted by molar-refractivity contribution is -0.137. The van der Waals surface area contributed by atoms with E-state index in [9.17, 15) is 39.4 Å². The molecule has 0 aromatic heterocycles. The monoisotopic (exact) mass is 542 g/mol. The number of ether oxygens (including phenoxy) is 1. The molecule has 0 fully saturated rings. The number of ketones is 1. The van der Waals surface area contributed by atoms with Crippen LogP contribution in [0.3, 0.4) is 0 Å². The zero-order valence-electron chi connectivity index (χ0n) is 17.9. The standard InChI is InChI=1S/C22H17F3N2O7S2/c23-22(24,25)13-4-2-5-14(11-13)35(29,30)27-18-10-7-12-3-1-6-15(21(12)34-18)19-16(26)8-9-17(20(19)28)36(31,32)33/h1-11,17-18,27H,26H2,(H,31,32,33). The number of hydrogen-bond acceptors (Lipinski definition) is 7. The van der Waals surface area contributed by atoms with Crippen molar-refractivity contribution in [2.24, 2.45) is 5.73 Å². The second-order valence-electron chi connectivity index (χ2n) is 7.76. The molecule has 0 radical (unpaired) electrons. The first kappa shape index (κ1) is 25.6. The zero-order chi connectivity index (χ0) is 26.5. The van der Waals surface area contributed by atoms with E-state index in [0.29, 0.717) is 11.6 Å². The van der Waals surface area contributed by atoms with Crippen molar-refractivity contribution in [2.75, 3.05) is 0 Å². The number of Topliss-reactive ketones (excluding diaryl/α,β-unsaturated/α-hetero) is 1. The Morgan fingerprint density at radius 3 is 2.36 bits per heavy atom. The average molecular weight is 543 g/mol. The van der Waals surface area contributed by atoms with E-state index in [4.69, 9.17) is 10.5 Å². The molecule has 0 saturated heterocycles. The molecule has 190 valence electrons. The maximum absolute atomic E-state index is 13.0. The number of nitrogens with two attached hydrogens (primary N) is 1. The Morgan fingerprint density at radius 1 is 1.00 bits per heavy atom. The number of alkyl halides is 3. The molecular weight excluding hydrogens is 525 g/mol. The SMILES string of the molecule is NC1=C(c2cccc3c2OC(NS(=O)(=O)c2cccc(C(F)(F)F)c2)C=C3)C(=O)C(S(=O)(=O)O)C=C1. The molecule has 14 heteroatoms. The Kier molecular flexibility index (Phi) is 6.33. The summed E-state index contributed by atoms with van der Waals surface area (Å²) < 4.78 is 105. The van der Waals surface area contributed by atoms with Crippen molar-refractivity contribution in [1.29, 1.82) is 0 Å². The predicted octanol–water partition coefficient (Wildman–Crippen LogP) is 2.48. The Labute approximate surface area is 203 Å². The van der Waals surface area contributed by atoms with Gasteiger partial charge in [-0.3, -0.25) is 9.35 Å². The molecule has 2 unspecified atom stereocenters. The number of halogens is 3. The summed E-state index contributed by atoms with van der Waals surface area (Å²) >= 11 is 0. The number of rotatable bonds is 5. The van der Waals surface area contributed by atoms with Gasteiger partial charge in [0.05, 0.1) is 16.0 Å². The van der Waals surface area contributed by atoms with Crippen LogP contribution in [0.2, 0.25) is 0 Å². The first-order valence-corrected chi connectivity index (χ1v) is 13.0. The van der Waals surface area contributed by atoms with Crippen LogP contribution in [0.1, 0.15) is 16.7 Å². The minimum atomic E-state index is -4.79. The number of allylic oxidation sites excluding steroid dienone is 2. The van der Waals surface area contributed by atoms with E-state index in [2.05, 4.69) is 4.72 Å². The van der Waals surface area contributed by atoms with Crippen LogP contribution in [0.4, 0.5) is 13.2 Å². The van der Waals surface area contributed by atoms with Crippen molar-refractivity contribution >= 4 is 37.6 Å². The van der Waals surface area contributed by atoms with E-state index in [1.54, 1.807) is 6.07 Å². The van der Waals surface area contributed by atoms with Gasteiger partial charge in [0.15, 0.2) is 17.3 Å². The van der Waals surface area contributed by atoms with E-state index in [1.807, 2.05) is 0 Å². The number of fused-ring (bicyclic) bond motifs is 1. The first-order valence-electron chi connectivity index (χ1n) is 10.0. The number of carbonyl (C=O) groups excluding carboxylic acids is 1. The summed E-state index contributed by atoms with van der Waals surface area (Å²) in [6.07, 6.45) is -1.35. The molecular formula is C22H17F3N2O7S2. The van der Waals surface area contributed by atoms with Gasteiger partial charge in [-0.2, -0.15) is 26.3 Å². The van der Waals surface area contributed by atoms with Crippen molar-refractivity contribution in [2.45, 2.75) is 22.5 Å². The highest BCUT2D eigenvalue weighted by Crippen LogP contribution is 2.38. The molecule has 0 saturated carbocycles. The fraction of sp³-hybridized carbons (Fsp3) is 0.136. The summed E-state index contributed by atoms with van der Waals surface area (Å²) in [5.74, 6) is -1.06. The second kappa shape index (κ2) is 8.89. The van der Waals surface area contributed by atoms with Crippen molar-refractivity contribution in [3.63, 3.8) is 0 Å². The molecule has 4 N–H and O–H groups in total. The highest BCUT2D eigenvalue weighted by Gasteiger charge is 2.37. The summed E-state index contributed by atoms with van der Waals surface area (Å²) in [6.45, 7) is 0. The minimum Gasteiger partial charge on any atom is -0.469 e. The third kappa shape index (κ3) is 4.93. The normalized spacial score (nSPS) is 20.3. The van der Waals surface area contributed by atoms with Crippen molar-refractivity contribution in [3.05, 3.63) is 83.1 Å². The smallest absolute Gasteiger partial charge is 0.416 e. The molecule has 0 amide bonds. The lowest BCUT2D eigenvalue weighted by Crippen LogP contribution is -2.39. The van der Waals surface area contributed by atoms with Gasteiger partial charge in [0, 0.05) is 16.8 Å². The number of nitrogens with one attached hydrogen (secondary N) is 1. The number of para-hydroxylation sites is 1. The fourth-order valence-electron chi connectivity index (χ4n) is 3.66. The molecule has 1 heterocycles. The maximum atomic E-state index is 13.0. The van der Waals surface area contributed by atoms with Gasteiger partial charge in [0.2, 0.25) is 10.0 Å². The maximum Gasteiger partial charge on any atom is 0.416 e. The average Bonchev–Trinajstić information content (AvgIpc) is 2.78. The second-order valence-corrected chi connectivity index (χ2v) is 11.0. The van der Waals surface area contributed by atoms with Gasteiger partial charge in [-0.05, 0) is 30.4 Å². The van der Waals surface area contributed by atoms with E-state index >= 15 is 0 Å². The van der Waals surface area contributed by atoms with Crippen LogP contribution >= 0.6 is 0 Å². The van der Waals surface area contributed by atoms with Crippen LogP contribution in [-0.4, -0.2) is 38.6 Å². The molecule has 4 rings (SSSR count). The Hall–Kier alpha value is -3.46. The Balaban J connectivity index is 1.67. The fourth-order valence-corrected chi connectivity index (χ4v) is 5.44. The van der Waals surface area contributed by atoms with Crippen molar-refractivity contribution in [1.82, 2.24) is 4.72 Å². The molecule has 0 spiro atoms.